The molecule has 8 heteroatoms. The molecule has 0 radical (unpaired) electrons. The maximum atomic E-state index is 12.2. The Hall–Kier alpha value is -3.81. The number of amides is 1. The van der Waals surface area contributed by atoms with Gasteiger partial charge in [-0.3, -0.25) is 4.79 Å². The molecule has 2 heterocycles. The Morgan fingerprint density at radius 1 is 1.18 bits per heavy atom. The minimum Gasteiger partial charge on any atom is -0.508 e. The van der Waals surface area contributed by atoms with Gasteiger partial charge in [0.25, 0.3) is 0 Å². The normalized spacial score (nSPS) is 15.7. The van der Waals surface area contributed by atoms with Crippen LogP contribution in [0.5, 0.6) is 11.5 Å². The first-order valence-electron chi connectivity index (χ1n) is 8.65. The molecule has 1 amide bonds. The number of carbonyl (C=O) groups is 1. The lowest BCUT2D eigenvalue weighted by molar-refractivity contribution is -0.115. The van der Waals surface area contributed by atoms with Crippen LogP contribution in [-0.2, 0) is 4.79 Å². The number of ether oxygens (including phenoxy) is 1. The van der Waals surface area contributed by atoms with Crippen LogP contribution in [-0.4, -0.2) is 32.9 Å². The van der Waals surface area contributed by atoms with Gasteiger partial charge in [-0.2, -0.15) is 4.98 Å². The lowest BCUT2D eigenvalue weighted by Gasteiger charge is -2.27. The molecule has 1 aliphatic rings. The lowest BCUT2D eigenvalue weighted by Crippen LogP contribution is -2.31. The van der Waals surface area contributed by atoms with Gasteiger partial charge in [0.15, 0.2) is 5.82 Å². The van der Waals surface area contributed by atoms with Crippen LogP contribution in [0, 0.1) is 0 Å². The molecule has 0 spiro atoms. The molecular formula is C20H19N5O3. The molecule has 4 rings (SSSR count). The molecule has 0 aliphatic carbocycles. The monoisotopic (exact) mass is 377 g/mol. The van der Waals surface area contributed by atoms with Gasteiger partial charge in [0.1, 0.15) is 17.5 Å². The summed E-state index contributed by atoms with van der Waals surface area (Å²) in [6.45, 7) is 1.79. The van der Waals surface area contributed by atoms with Crippen molar-refractivity contribution in [1.29, 1.82) is 0 Å². The number of hydrogen-bond acceptors (Lipinski definition) is 6. The van der Waals surface area contributed by atoms with Crippen LogP contribution in [0.3, 0.4) is 0 Å². The van der Waals surface area contributed by atoms with E-state index in [0.29, 0.717) is 28.8 Å². The molecule has 1 aromatic heterocycles. The summed E-state index contributed by atoms with van der Waals surface area (Å²) in [4.78, 5) is 16.8. The van der Waals surface area contributed by atoms with E-state index >= 15 is 0 Å². The van der Waals surface area contributed by atoms with Crippen molar-refractivity contribution in [1.82, 2.24) is 14.8 Å². The largest absolute Gasteiger partial charge is 0.508 e. The van der Waals surface area contributed by atoms with E-state index in [0.717, 1.165) is 11.1 Å². The Labute approximate surface area is 161 Å². The van der Waals surface area contributed by atoms with Crippen LogP contribution in [0.2, 0.25) is 0 Å². The van der Waals surface area contributed by atoms with Crippen molar-refractivity contribution >= 4 is 11.9 Å². The van der Waals surface area contributed by atoms with Crippen molar-refractivity contribution in [3.8, 4) is 22.9 Å². The van der Waals surface area contributed by atoms with Crippen molar-refractivity contribution in [2.75, 3.05) is 12.4 Å². The summed E-state index contributed by atoms with van der Waals surface area (Å²) >= 11 is 0. The highest BCUT2D eigenvalue weighted by molar-refractivity contribution is 5.95. The zero-order chi connectivity index (χ0) is 19.8. The number of benzene rings is 2. The fraction of sp³-hybridized carbons (Fsp3) is 0.150. The van der Waals surface area contributed by atoms with E-state index in [4.69, 9.17) is 10.5 Å². The highest BCUT2D eigenvalue weighted by Gasteiger charge is 2.33. The van der Waals surface area contributed by atoms with Gasteiger partial charge >= 0.3 is 0 Å². The molecule has 3 aromatic rings. The van der Waals surface area contributed by atoms with E-state index in [-0.39, 0.29) is 5.75 Å². The summed E-state index contributed by atoms with van der Waals surface area (Å²) in [6, 6.07) is 13.5. The average molecular weight is 377 g/mol. The summed E-state index contributed by atoms with van der Waals surface area (Å²) in [6.07, 6.45) is 0. The minimum absolute atomic E-state index is 0.162. The first-order valence-corrected chi connectivity index (χ1v) is 8.65. The number of rotatable bonds is 4. The van der Waals surface area contributed by atoms with Crippen LogP contribution < -0.4 is 15.8 Å². The summed E-state index contributed by atoms with van der Waals surface area (Å²) in [5.41, 5.74) is 8.30. The number of methoxy groups -OCH3 is 1. The fourth-order valence-corrected chi connectivity index (χ4v) is 3.30. The van der Waals surface area contributed by atoms with Crippen LogP contribution in [0.1, 0.15) is 18.5 Å². The first-order chi connectivity index (χ1) is 13.5. The molecule has 0 bridgehead atoms. The SMILES string of the molecule is COc1ccc(C2C(C(N)=O)=C(C)Nc3nc(-c4ccc(O)cc4)nn32)cc1. The number of anilines is 1. The predicted octanol–water partition coefficient (Wildman–Crippen LogP) is 2.43. The number of phenols is 1. The second-order valence-corrected chi connectivity index (χ2v) is 6.45. The minimum atomic E-state index is -0.529. The Balaban J connectivity index is 1.84. The van der Waals surface area contributed by atoms with E-state index in [2.05, 4.69) is 15.4 Å². The van der Waals surface area contributed by atoms with Gasteiger partial charge < -0.3 is 20.9 Å². The predicted molar refractivity (Wildman–Crippen MR) is 104 cm³/mol. The molecule has 4 N–H and O–H groups in total. The number of nitrogens with one attached hydrogen (secondary N) is 1. The number of aromatic hydroxyl groups is 1. The maximum absolute atomic E-state index is 12.2. The highest BCUT2D eigenvalue weighted by Crippen LogP contribution is 2.36. The number of nitrogens with zero attached hydrogens (tertiary/aromatic N) is 3. The van der Waals surface area contributed by atoms with Gasteiger partial charge in [-0.1, -0.05) is 12.1 Å². The van der Waals surface area contributed by atoms with Crippen molar-refractivity contribution in [2.45, 2.75) is 13.0 Å². The summed E-state index contributed by atoms with van der Waals surface area (Å²) in [7, 11) is 1.60. The molecule has 28 heavy (non-hydrogen) atoms. The molecule has 1 atom stereocenters. The summed E-state index contributed by atoms with van der Waals surface area (Å²) in [5, 5.41) is 17.2. The molecule has 0 saturated heterocycles. The first kappa shape index (κ1) is 17.6. The van der Waals surface area contributed by atoms with Crippen LogP contribution in [0.25, 0.3) is 11.4 Å². The molecule has 8 nitrogen and oxygen atoms in total. The van der Waals surface area contributed by atoms with Gasteiger partial charge in [-0.05, 0) is 48.9 Å². The third kappa shape index (κ3) is 2.94. The number of hydrogen-bond donors (Lipinski definition) is 3. The third-order valence-corrected chi connectivity index (χ3v) is 4.68. The van der Waals surface area contributed by atoms with Gasteiger partial charge in [-0.25, -0.2) is 4.68 Å². The van der Waals surface area contributed by atoms with Crippen molar-refractivity contribution in [3.63, 3.8) is 0 Å². The fourth-order valence-electron chi connectivity index (χ4n) is 3.30. The molecule has 0 fully saturated rings. The van der Waals surface area contributed by atoms with E-state index in [1.165, 1.54) is 0 Å². The molecule has 142 valence electrons. The van der Waals surface area contributed by atoms with Gasteiger partial charge in [-0.15, -0.1) is 5.10 Å². The smallest absolute Gasteiger partial charge is 0.248 e. The number of fused-ring (bicyclic) bond motifs is 1. The average Bonchev–Trinajstić information content (AvgIpc) is 3.10. The second kappa shape index (κ2) is 6.73. The second-order valence-electron chi connectivity index (χ2n) is 6.45. The quantitative estimate of drug-likeness (QED) is 0.643. The van der Waals surface area contributed by atoms with E-state index in [1.54, 1.807) is 43.0 Å². The summed E-state index contributed by atoms with van der Waals surface area (Å²) in [5.74, 6) is 1.32. The van der Waals surface area contributed by atoms with Gasteiger partial charge in [0.05, 0.1) is 12.7 Å². The standard InChI is InChI=1S/C20H19N5O3/c1-11-16(18(21)27)17(12-5-9-15(28-2)10-6-12)25-20(22-11)23-19(24-25)13-3-7-14(26)8-4-13/h3-10,17,26H,1-2H3,(H2,21,27)(H,22,23,24). The number of aromatic nitrogens is 3. The lowest BCUT2D eigenvalue weighted by atomic mass is 9.95. The Morgan fingerprint density at radius 3 is 2.46 bits per heavy atom. The van der Waals surface area contributed by atoms with Crippen molar-refractivity contribution in [2.24, 2.45) is 5.73 Å². The maximum Gasteiger partial charge on any atom is 0.248 e. The Morgan fingerprint density at radius 2 is 1.86 bits per heavy atom. The van der Waals surface area contributed by atoms with Crippen molar-refractivity contribution < 1.29 is 14.6 Å². The molecule has 1 aliphatic heterocycles. The van der Waals surface area contributed by atoms with Crippen molar-refractivity contribution in [3.05, 3.63) is 65.4 Å². The van der Waals surface area contributed by atoms with Crippen LogP contribution in [0.4, 0.5) is 5.95 Å². The van der Waals surface area contributed by atoms with E-state index in [1.807, 2.05) is 24.3 Å². The topological polar surface area (TPSA) is 115 Å². The molecule has 1 unspecified atom stereocenters. The molecule has 0 saturated carbocycles. The van der Waals surface area contributed by atoms with Gasteiger partial charge in [0, 0.05) is 11.3 Å². The van der Waals surface area contributed by atoms with Gasteiger partial charge in [0.2, 0.25) is 11.9 Å². The van der Waals surface area contributed by atoms with E-state index < -0.39 is 11.9 Å². The molecular weight excluding hydrogens is 358 g/mol. The zero-order valence-electron chi connectivity index (χ0n) is 15.4. The third-order valence-electron chi connectivity index (χ3n) is 4.68. The zero-order valence-corrected chi connectivity index (χ0v) is 15.4. The molecule has 2 aromatic carbocycles. The summed E-state index contributed by atoms with van der Waals surface area (Å²) < 4.78 is 6.87. The Bertz CT molecular complexity index is 1070. The van der Waals surface area contributed by atoms with Crippen LogP contribution in [0.15, 0.2) is 59.8 Å². The van der Waals surface area contributed by atoms with Crippen LogP contribution >= 0.6 is 0 Å². The number of primary amides is 1. The number of nitrogens with two attached hydrogens (primary N) is 1. The van der Waals surface area contributed by atoms with E-state index in [9.17, 15) is 9.90 Å². The number of phenolic OH excluding ortho intramolecular Hbond substituents is 1. The number of carbonyl (C=O) groups excluding carboxylic acids is 1. The highest BCUT2D eigenvalue weighted by atomic mass is 16.5. The Kier molecular flexibility index (Phi) is 4.23. The number of allylic oxidation sites excluding steroid dienone is 1.